The van der Waals surface area contributed by atoms with Gasteiger partial charge in [-0.15, -0.1) is 0 Å². The van der Waals surface area contributed by atoms with Gasteiger partial charge in [0.25, 0.3) is 0 Å². The van der Waals surface area contributed by atoms with Gasteiger partial charge in [-0.2, -0.15) is 0 Å². The van der Waals surface area contributed by atoms with Gasteiger partial charge in [0.1, 0.15) is 5.54 Å². The zero-order chi connectivity index (χ0) is 16.3. The van der Waals surface area contributed by atoms with Crippen molar-refractivity contribution in [1.29, 1.82) is 0 Å². The molecule has 0 saturated heterocycles. The summed E-state index contributed by atoms with van der Waals surface area (Å²) in [5.41, 5.74) is -0.439. The fourth-order valence-corrected chi connectivity index (χ4v) is 2.25. The molecule has 0 heterocycles. The Kier molecular flexibility index (Phi) is 4.44. The number of rotatable bonds is 7. The van der Waals surface area contributed by atoms with Crippen LogP contribution in [0.3, 0.4) is 0 Å². The van der Waals surface area contributed by atoms with Crippen LogP contribution in [0.1, 0.15) is 18.4 Å². The SMILES string of the molecule is COc1cc(CC(=O)NC2(C(=O)O)CC2)cc(OC)c1OC. The van der Waals surface area contributed by atoms with E-state index in [9.17, 15) is 9.59 Å². The fourth-order valence-electron chi connectivity index (χ4n) is 2.25. The molecule has 2 rings (SSSR count). The number of hydrogen-bond acceptors (Lipinski definition) is 5. The molecular formula is C15H19NO6. The zero-order valence-corrected chi connectivity index (χ0v) is 12.8. The van der Waals surface area contributed by atoms with Crippen molar-refractivity contribution in [2.75, 3.05) is 21.3 Å². The number of aliphatic carboxylic acids is 1. The number of nitrogens with one attached hydrogen (secondary N) is 1. The molecule has 1 aromatic carbocycles. The summed E-state index contributed by atoms with van der Waals surface area (Å²) in [6.45, 7) is 0. The van der Waals surface area contributed by atoms with E-state index in [2.05, 4.69) is 5.32 Å². The van der Waals surface area contributed by atoms with Gasteiger partial charge >= 0.3 is 5.97 Å². The van der Waals surface area contributed by atoms with E-state index in [0.29, 0.717) is 35.7 Å². The van der Waals surface area contributed by atoms with E-state index in [0.717, 1.165) is 0 Å². The van der Waals surface area contributed by atoms with Crippen molar-refractivity contribution in [3.8, 4) is 17.2 Å². The summed E-state index contributed by atoms with van der Waals surface area (Å²) in [6.07, 6.45) is 0.957. The van der Waals surface area contributed by atoms with Crippen LogP contribution in [0.25, 0.3) is 0 Å². The van der Waals surface area contributed by atoms with Crippen molar-refractivity contribution >= 4 is 11.9 Å². The Balaban J connectivity index is 2.15. The maximum absolute atomic E-state index is 12.0. The van der Waals surface area contributed by atoms with Gasteiger partial charge in [0.15, 0.2) is 11.5 Å². The maximum Gasteiger partial charge on any atom is 0.329 e. The third-order valence-corrected chi connectivity index (χ3v) is 3.63. The Morgan fingerprint density at radius 2 is 1.68 bits per heavy atom. The molecule has 2 N–H and O–H groups in total. The maximum atomic E-state index is 12.0. The first kappa shape index (κ1) is 15.9. The standard InChI is InChI=1S/C15H19NO6/c1-20-10-6-9(7-11(21-2)13(10)22-3)8-12(17)16-15(4-5-15)14(18)19/h6-7H,4-5,8H2,1-3H3,(H,16,17)(H,18,19). The summed E-state index contributed by atoms with van der Waals surface area (Å²) >= 11 is 0. The Morgan fingerprint density at radius 1 is 1.14 bits per heavy atom. The number of carboxylic acid groups (broad SMARTS) is 1. The van der Waals surface area contributed by atoms with Gasteiger partial charge in [0.05, 0.1) is 27.8 Å². The molecule has 0 radical (unpaired) electrons. The molecule has 1 aromatic rings. The molecule has 1 saturated carbocycles. The highest BCUT2D eigenvalue weighted by Gasteiger charge is 2.51. The van der Waals surface area contributed by atoms with Crippen molar-refractivity contribution in [2.24, 2.45) is 0 Å². The third kappa shape index (κ3) is 3.08. The van der Waals surface area contributed by atoms with Gasteiger partial charge in [0, 0.05) is 0 Å². The minimum atomic E-state index is -1.09. The van der Waals surface area contributed by atoms with Gasteiger partial charge in [-0.25, -0.2) is 4.79 Å². The Bertz CT molecular complexity index is 569. The van der Waals surface area contributed by atoms with Crippen molar-refractivity contribution in [3.05, 3.63) is 17.7 Å². The molecule has 0 bridgehead atoms. The highest BCUT2D eigenvalue weighted by atomic mass is 16.5. The molecule has 7 heteroatoms. The predicted molar refractivity (Wildman–Crippen MR) is 77.5 cm³/mol. The number of benzene rings is 1. The average molecular weight is 309 g/mol. The first-order chi connectivity index (χ1) is 10.5. The summed E-state index contributed by atoms with van der Waals surface area (Å²) in [7, 11) is 4.48. The van der Waals surface area contributed by atoms with Crippen LogP contribution in [0.15, 0.2) is 12.1 Å². The number of carbonyl (C=O) groups excluding carboxylic acids is 1. The van der Waals surface area contributed by atoms with Crippen molar-refractivity contribution in [1.82, 2.24) is 5.32 Å². The molecule has 0 atom stereocenters. The number of methoxy groups -OCH3 is 3. The van der Waals surface area contributed by atoms with Crippen LogP contribution in [-0.2, 0) is 16.0 Å². The van der Waals surface area contributed by atoms with Crippen molar-refractivity contribution in [2.45, 2.75) is 24.8 Å². The molecule has 0 aliphatic heterocycles. The first-order valence-electron chi connectivity index (χ1n) is 6.79. The Hall–Kier alpha value is -2.44. The predicted octanol–water partition coefficient (Wildman–Crippen LogP) is 0.988. The molecule has 0 spiro atoms. The van der Waals surface area contributed by atoms with Crippen LogP contribution < -0.4 is 19.5 Å². The zero-order valence-electron chi connectivity index (χ0n) is 12.8. The van der Waals surface area contributed by atoms with E-state index in [-0.39, 0.29) is 12.3 Å². The molecule has 22 heavy (non-hydrogen) atoms. The molecule has 7 nitrogen and oxygen atoms in total. The van der Waals surface area contributed by atoms with Gasteiger partial charge in [0.2, 0.25) is 11.7 Å². The van der Waals surface area contributed by atoms with Crippen LogP contribution in [0, 0.1) is 0 Å². The van der Waals surface area contributed by atoms with E-state index in [1.54, 1.807) is 12.1 Å². The summed E-state index contributed by atoms with van der Waals surface area (Å²) in [6, 6.07) is 3.34. The number of carboxylic acids is 1. The van der Waals surface area contributed by atoms with E-state index < -0.39 is 11.5 Å². The second-order valence-corrected chi connectivity index (χ2v) is 5.15. The van der Waals surface area contributed by atoms with Crippen LogP contribution in [0.2, 0.25) is 0 Å². The first-order valence-corrected chi connectivity index (χ1v) is 6.79. The lowest BCUT2D eigenvalue weighted by atomic mass is 10.1. The minimum Gasteiger partial charge on any atom is -0.493 e. The molecule has 1 amide bonds. The van der Waals surface area contributed by atoms with E-state index in [4.69, 9.17) is 19.3 Å². The Labute approximate surface area is 128 Å². The lowest BCUT2D eigenvalue weighted by Gasteiger charge is -2.15. The monoisotopic (exact) mass is 309 g/mol. The topological polar surface area (TPSA) is 94.1 Å². The van der Waals surface area contributed by atoms with E-state index in [1.807, 2.05) is 0 Å². The minimum absolute atomic E-state index is 0.0335. The van der Waals surface area contributed by atoms with Crippen LogP contribution in [0.4, 0.5) is 0 Å². The Morgan fingerprint density at radius 3 is 2.05 bits per heavy atom. The number of amides is 1. The normalized spacial score (nSPS) is 14.9. The number of ether oxygens (including phenoxy) is 3. The summed E-state index contributed by atoms with van der Waals surface area (Å²) in [5, 5.41) is 11.6. The van der Waals surface area contributed by atoms with Gasteiger partial charge in [-0.3, -0.25) is 4.79 Å². The molecular weight excluding hydrogens is 290 g/mol. The van der Waals surface area contributed by atoms with Gasteiger partial charge in [-0.1, -0.05) is 0 Å². The highest BCUT2D eigenvalue weighted by Crippen LogP contribution is 2.39. The van der Waals surface area contributed by atoms with Crippen LogP contribution in [0.5, 0.6) is 17.2 Å². The smallest absolute Gasteiger partial charge is 0.329 e. The fraction of sp³-hybridized carbons (Fsp3) is 0.467. The molecule has 1 aliphatic rings. The second-order valence-electron chi connectivity index (χ2n) is 5.15. The van der Waals surface area contributed by atoms with Crippen LogP contribution in [-0.4, -0.2) is 43.9 Å². The molecule has 0 unspecified atom stereocenters. The lowest BCUT2D eigenvalue weighted by molar-refractivity contribution is -0.143. The summed E-state index contributed by atoms with van der Waals surface area (Å²) in [5.74, 6) is -0.00804. The highest BCUT2D eigenvalue weighted by molar-refractivity contribution is 5.90. The van der Waals surface area contributed by atoms with E-state index in [1.165, 1.54) is 21.3 Å². The van der Waals surface area contributed by atoms with Gasteiger partial charge in [-0.05, 0) is 30.5 Å². The number of carbonyl (C=O) groups is 2. The van der Waals surface area contributed by atoms with Crippen LogP contribution >= 0.6 is 0 Å². The largest absolute Gasteiger partial charge is 0.493 e. The molecule has 1 aliphatic carbocycles. The van der Waals surface area contributed by atoms with Crippen molar-refractivity contribution in [3.63, 3.8) is 0 Å². The van der Waals surface area contributed by atoms with Crippen molar-refractivity contribution < 1.29 is 28.9 Å². The summed E-state index contributed by atoms with van der Waals surface area (Å²) < 4.78 is 15.7. The number of hydrogen-bond donors (Lipinski definition) is 2. The summed E-state index contributed by atoms with van der Waals surface area (Å²) in [4.78, 5) is 23.1. The molecule has 0 aromatic heterocycles. The molecule has 120 valence electrons. The lowest BCUT2D eigenvalue weighted by Crippen LogP contribution is -2.43. The van der Waals surface area contributed by atoms with E-state index >= 15 is 0 Å². The molecule has 1 fully saturated rings. The third-order valence-electron chi connectivity index (χ3n) is 3.63. The average Bonchev–Trinajstić information content (AvgIpc) is 3.26. The quantitative estimate of drug-likeness (QED) is 0.780. The second kappa shape index (κ2) is 6.13. The van der Waals surface area contributed by atoms with Gasteiger partial charge < -0.3 is 24.6 Å².